The van der Waals surface area contributed by atoms with Gasteiger partial charge in [0.15, 0.2) is 6.10 Å². The number of para-hydroxylation sites is 1. The fourth-order valence-corrected chi connectivity index (χ4v) is 2.41. The molecular weight excluding hydrogens is 321 g/mol. The van der Waals surface area contributed by atoms with E-state index in [2.05, 4.69) is 5.32 Å². The maximum atomic E-state index is 12.3. The molecule has 0 spiro atoms. The van der Waals surface area contributed by atoms with E-state index in [1.165, 1.54) is 0 Å². The molecule has 0 saturated carbocycles. The van der Waals surface area contributed by atoms with E-state index in [1.54, 1.807) is 25.1 Å². The van der Waals surface area contributed by atoms with Crippen molar-refractivity contribution in [1.82, 2.24) is 0 Å². The molecule has 5 heteroatoms. The van der Waals surface area contributed by atoms with Gasteiger partial charge in [-0.3, -0.25) is 4.79 Å². The van der Waals surface area contributed by atoms with Crippen LogP contribution in [0.2, 0.25) is 10.0 Å². The first-order chi connectivity index (χ1) is 10.4. The molecule has 116 valence electrons. The summed E-state index contributed by atoms with van der Waals surface area (Å²) in [7, 11) is 0. The summed E-state index contributed by atoms with van der Waals surface area (Å²) in [5.74, 6) is 0.379. The molecule has 22 heavy (non-hydrogen) atoms. The molecule has 1 atom stereocenters. The van der Waals surface area contributed by atoms with Gasteiger partial charge in [-0.25, -0.2) is 0 Å². The summed E-state index contributed by atoms with van der Waals surface area (Å²) >= 11 is 12.1. The lowest BCUT2D eigenvalue weighted by Gasteiger charge is -2.17. The Bertz CT molecular complexity index is 681. The van der Waals surface area contributed by atoms with Gasteiger partial charge in [-0.05, 0) is 50.1 Å². The van der Waals surface area contributed by atoms with E-state index in [9.17, 15) is 4.79 Å². The third kappa shape index (κ3) is 3.93. The van der Waals surface area contributed by atoms with Gasteiger partial charge in [-0.1, -0.05) is 41.4 Å². The number of hydrogen-bond donors (Lipinski definition) is 1. The molecule has 0 aliphatic carbocycles. The van der Waals surface area contributed by atoms with Crippen LogP contribution in [0.25, 0.3) is 0 Å². The molecule has 0 radical (unpaired) electrons. The molecular formula is C17H17Cl2NO2. The summed E-state index contributed by atoms with van der Waals surface area (Å²) in [5.41, 5.74) is 2.44. The molecule has 1 amide bonds. The van der Waals surface area contributed by atoms with Gasteiger partial charge >= 0.3 is 0 Å². The molecule has 0 fully saturated rings. The van der Waals surface area contributed by atoms with Gasteiger partial charge in [0.2, 0.25) is 0 Å². The number of carbonyl (C=O) groups excluding carboxylic acids is 1. The number of benzene rings is 2. The Morgan fingerprint density at radius 3 is 2.41 bits per heavy atom. The SMILES string of the molecule is Cc1ccc(C)c(OC(C)C(=O)Nc2c(Cl)cccc2Cl)c1. The highest BCUT2D eigenvalue weighted by atomic mass is 35.5. The third-order valence-corrected chi connectivity index (χ3v) is 3.86. The number of nitrogens with one attached hydrogen (secondary N) is 1. The van der Waals surface area contributed by atoms with Crippen molar-refractivity contribution >= 4 is 34.8 Å². The second kappa shape index (κ2) is 7.03. The number of hydrogen-bond acceptors (Lipinski definition) is 2. The van der Waals surface area contributed by atoms with Crippen molar-refractivity contribution < 1.29 is 9.53 Å². The normalized spacial score (nSPS) is 11.9. The molecule has 0 bridgehead atoms. The van der Waals surface area contributed by atoms with Crippen LogP contribution in [-0.2, 0) is 4.79 Å². The fourth-order valence-electron chi connectivity index (χ4n) is 1.92. The van der Waals surface area contributed by atoms with Crippen LogP contribution < -0.4 is 10.1 Å². The van der Waals surface area contributed by atoms with Crippen LogP contribution in [0.5, 0.6) is 5.75 Å². The maximum absolute atomic E-state index is 12.3. The second-order valence-corrected chi connectivity index (χ2v) is 5.93. The van der Waals surface area contributed by atoms with Crippen molar-refractivity contribution in [2.45, 2.75) is 26.9 Å². The van der Waals surface area contributed by atoms with Crippen molar-refractivity contribution in [1.29, 1.82) is 0 Å². The summed E-state index contributed by atoms with van der Waals surface area (Å²) in [6.45, 7) is 5.59. The van der Waals surface area contributed by atoms with Crippen LogP contribution in [-0.4, -0.2) is 12.0 Å². The lowest BCUT2D eigenvalue weighted by molar-refractivity contribution is -0.122. The number of halogens is 2. The minimum atomic E-state index is -0.673. The van der Waals surface area contributed by atoms with Crippen molar-refractivity contribution in [2.24, 2.45) is 0 Å². The monoisotopic (exact) mass is 337 g/mol. The average molecular weight is 338 g/mol. The summed E-state index contributed by atoms with van der Waals surface area (Å²) in [5, 5.41) is 3.48. The minimum absolute atomic E-state index is 0.309. The van der Waals surface area contributed by atoms with Gasteiger partial charge in [0.25, 0.3) is 5.91 Å². The maximum Gasteiger partial charge on any atom is 0.265 e. The van der Waals surface area contributed by atoms with Crippen LogP contribution in [0, 0.1) is 13.8 Å². The zero-order valence-electron chi connectivity index (χ0n) is 12.6. The van der Waals surface area contributed by atoms with Gasteiger partial charge in [0, 0.05) is 0 Å². The average Bonchev–Trinajstić information content (AvgIpc) is 2.46. The Hall–Kier alpha value is -1.71. The first kappa shape index (κ1) is 16.7. The molecule has 2 rings (SSSR count). The fraction of sp³-hybridized carbons (Fsp3) is 0.235. The zero-order chi connectivity index (χ0) is 16.3. The Kier molecular flexibility index (Phi) is 5.33. The Labute approximate surface area is 140 Å². The first-order valence-electron chi connectivity index (χ1n) is 6.87. The Balaban J connectivity index is 2.11. The molecule has 0 aromatic heterocycles. The molecule has 3 nitrogen and oxygen atoms in total. The van der Waals surface area contributed by atoms with Crippen LogP contribution in [0.1, 0.15) is 18.1 Å². The predicted octanol–water partition coefficient (Wildman–Crippen LogP) is 5.02. The Morgan fingerprint density at radius 2 is 1.77 bits per heavy atom. The highest BCUT2D eigenvalue weighted by Gasteiger charge is 2.18. The Morgan fingerprint density at radius 1 is 1.14 bits per heavy atom. The van der Waals surface area contributed by atoms with Crippen molar-refractivity contribution in [2.75, 3.05) is 5.32 Å². The summed E-state index contributed by atoms with van der Waals surface area (Å²) in [4.78, 5) is 12.3. The van der Waals surface area contributed by atoms with E-state index in [1.807, 2.05) is 32.0 Å². The third-order valence-electron chi connectivity index (χ3n) is 3.23. The summed E-state index contributed by atoms with van der Waals surface area (Å²) in [6.07, 6.45) is -0.673. The predicted molar refractivity (Wildman–Crippen MR) is 91.1 cm³/mol. The lowest BCUT2D eigenvalue weighted by Crippen LogP contribution is -2.30. The van der Waals surface area contributed by atoms with E-state index >= 15 is 0 Å². The van der Waals surface area contributed by atoms with Gasteiger partial charge < -0.3 is 10.1 Å². The quantitative estimate of drug-likeness (QED) is 0.850. The van der Waals surface area contributed by atoms with Crippen molar-refractivity contribution in [3.05, 3.63) is 57.6 Å². The molecule has 1 N–H and O–H groups in total. The molecule has 0 aliphatic rings. The molecule has 0 aliphatic heterocycles. The van der Waals surface area contributed by atoms with Crippen LogP contribution in [0.15, 0.2) is 36.4 Å². The van der Waals surface area contributed by atoms with E-state index in [-0.39, 0.29) is 5.91 Å². The second-order valence-electron chi connectivity index (χ2n) is 5.11. The number of aryl methyl sites for hydroxylation is 2. The van der Waals surface area contributed by atoms with Crippen molar-refractivity contribution in [3.8, 4) is 5.75 Å². The molecule has 0 heterocycles. The van der Waals surface area contributed by atoms with Gasteiger partial charge in [0.1, 0.15) is 5.75 Å². The van der Waals surface area contributed by atoms with E-state index in [4.69, 9.17) is 27.9 Å². The lowest BCUT2D eigenvalue weighted by atomic mass is 10.1. The molecule has 2 aromatic rings. The topological polar surface area (TPSA) is 38.3 Å². The number of amides is 1. The summed E-state index contributed by atoms with van der Waals surface area (Å²) < 4.78 is 5.74. The van der Waals surface area contributed by atoms with Gasteiger partial charge in [-0.2, -0.15) is 0 Å². The van der Waals surface area contributed by atoms with E-state index < -0.39 is 6.10 Å². The van der Waals surface area contributed by atoms with Crippen LogP contribution in [0.3, 0.4) is 0 Å². The number of rotatable bonds is 4. The number of anilines is 1. The smallest absolute Gasteiger partial charge is 0.265 e. The summed E-state index contributed by atoms with van der Waals surface area (Å²) in [6, 6.07) is 10.9. The van der Waals surface area contributed by atoms with Crippen LogP contribution in [0.4, 0.5) is 5.69 Å². The minimum Gasteiger partial charge on any atom is -0.481 e. The largest absolute Gasteiger partial charge is 0.481 e. The highest BCUT2D eigenvalue weighted by Crippen LogP contribution is 2.30. The first-order valence-corrected chi connectivity index (χ1v) is 7.63. The van der Waals surface area contributed by atoms with E-state index in [0.29, 0.717) is 21.5 Å². The zero-order valence-corrected chi connectivity index (χ0v) is 14.1. The standard InChI is InChI=1S/C17H17Cl2NO2/c1-10-7-8-11(2)15(9-10)22-12(3)17(21)20-16-13(18)5-4-6-14(16)19/h4-9,12H,1-3H3,(H,20,21). The molecule has 0 saturated heterocycles. The van der Waals surface area contributed by atoms with Crippen molar-refractivity contribution in [3.63, 3.8) is 0 Å². The van der Waals surface area contributed by atoms with Gasteiger partial charge in [0.05, 0.1) is 15.7 Å². The highest BCUT2D eigenvalue weighted by molar-refractivity contribution is 6.39. The number of ether oxygens (including phenoxy) is 1. The van der Waals surface area contributed by atoms with E-state index in [0.717, 1.165) is 11.1 Å². The van der Waals surface area contributed by atoms with Gasteiger partial charge in [-0.15, -0.1) is 0 Å². The van der Waals surface area contributed by atoms with Crippen LogP contribution >= 0.6 is 23.2 Å². The number of carbonyl (C=O) groups is 1. The molecule has 1 unspecified atom stereocenters. The molecule has 2 aromatic carbocycles.